The molecule has 158 valence electrons. The maximum Gasteiger partial charge on any atom is 0.233 e. The fourth-order valence-electron chi connectivity index (χ4n) is 2.72. The van der Waals surface area contributed by atoms with Gasteiger partial charge in [0.25, 0.3) is 0 Å². The molecule has 0 amide bonds. The molecule has 0 saturated heterocycles. The van der Waals surface area contributed by atoms with Crippen molar-refractivity contribution >= 4 is 39.2 Å². The van der Waals surface area contributed by atoms with E-state index in [1.807, 2.05) is 31.2 Å². The molecule has 2 N–H and O–H groups in total. The van der Waals surface area contributed by atoms with Gasteiger partial charge in [-0.1, -0.05) is 29.8 Å². The van der Waals surface area contributed by atoms with Crippen molar-refractivity contribution in [1.82, 2.24) is 0 Å². The van der Waals surface area contributed by atoms with Gasteiger partial charge in [0.15, 0.2) is 12.1 Å². The van der Waals surface area contributed by atoms with Crippen molar-refractivity contribution in [2.45, 2.75) is 13.3 Å². The molecule has 3 aromatic rings. The molecule has 0 heterocycles. The van der Waals surface area contributed by atoms with Gasteiger partial charge in [0.05, 0.1) is 8.95 Å². The maximum absolute atomic E-state index is 11.4. The zero-order valence-electron chi connectivity index (χ0n) is 16.4. The minimum Gasteiger partial charge on any atom is -0.508 e. The van der Waals surface area contributed by atoms with Gasteiger partial charge in [0.2, 0.25) is 7.37 Å². The fourth-order valence-corrected chi connectivity index (χ4v) is 4.42. The average Bonchev–Trinajstić information content (AvgIpc) is 2.66. The summed E-state index contributed by atoms with van der Waals surface area (Å²) in [6.45, 7) is 3.28. The maximum atomic E-state index is 11.4. The predicted octanol–water partition coefficient (Wildman–Crippen LogP) is 6.85. The van der Waals surface area contributed by atoms with Crippen molar-refractivity contribution in [3.63, 3.8) is 0 Å². The van der Waals surface area contributed by atoms with Crippen LogP contribution in [0, 0.1) is 6.92 Å². The normalized spacial score (nSPS) is 13.0. The molecule has 0 fully saturated rings. The van der Waals surface area contributed by atoms with Crippen LogP contribution in [0.3, 0.4) is 0 Å². The molecule has 8 heteroatoms. The number of halogens is 2. The lowest BCUT2D eigenvalue weighted by atomic mass is 10.0. The molecule has 1 unspecified atom stereocenters. The second-order valence-corrected chi connectivity index (χ2v) is 11.2. The van der Waals surface area contributed by atoms with Crippen molar-refractivity contribution in [2.24, 2.45) is 0 Å². The number of aryl methyl sites for hydroxylation is 1. The first-order valence-electron chi connectivity index (χ1n) is 9.07. The molecular weight excluding hydrogens is 535 g/mol. The molecule has 30 heavy (non-hydrogen) atoms. The molecule has 0 saturated carbocycles. The fraction of sp³-hybridized carbons (Fsp3) is 0.182. The monoisotopic (exact) mass is 554 g/mol. The number of hydrogen-bond acceptors (Lipinski definition) is 4. The topological polar surface area (TPSA) is 76.0 Å². The Hall–Kier alpha value is -1.79. The first-order valence-corrected chi connectivity index (χ1v) is 12.9. The average molecular weight is 556 g/mol. The molecule has 3 aromatic carbocycles. The standard InChI is InChI=1S/C22H21Br2O5P/c1-14-3-5-15(6-4-14)9-16-10-17(7-8-21(16)25)29-22-19(23)11-18(12-20(22)24)28-13-30(2,26)27/h3-8,10-12,25H,9,13H2,1-2H3,(H,26,27). The van der Waals surface area contributed by atoms with Crippen molar-refractivity contribution in [3.8, 4) is 23.0 Å². The second-order valence-electron chi connectivity index (χ2n) is 7.10. The SMILES string of the molecule is Cc1ccc(Cc2cc(Oc3c(Br)cc(OCP(C)(=O)O)cc3Br)ccc2O)cc1. The van der Waals surface area contributed by atoms with Crippen LogP contribution < -0.4 is 9.47 Å². The first-order chi connectivity index (χ1) is 14.1. The Balaban J connectivity index is 1.80. The zero-order valence-corrected chi connectivity index (χ0v) is 20.5. The summed E-state index contributed by atoms with van der Waals surface area (Å²) in [6.07, 6.45) is 0.309. The lowest BCUT2D eigenvalue weighted by Crippen LogP contribution is -1.98. The number of rotatable bonds is 7. The summed E-state index contributed by atoms with van der Waals surface area (Å²) in [5.74, 6) is 1.73. The third kappa shape index (κ3) is 6.35. The first kappa shape index (κ1) is 22.9. The Bertz CT molecular complexity index is 1070. The Morgan fingerprint density at radius 2 is 1.60 bits per heavy atom. The van der Waals surface area contributed by atoms with Crippen LogP contribution in [0.2, 0.25) is 0 Å². The van der Waals surface area contributed by atoms with Gasteiger partial charge in [0, 0.05) is 18.6 Å². The van der Waals surface area contributed by atoms with Crippen molar-refractivity contribution < 1.29 is 24.0 Å². The van der Waals surface area contributed by atoms with Gasteiger partial charge < -0.3 is 19.5 Å². The minimum absolute atomic E-state index is 0.206. The Kier molecular flexibility index (Phi) is 7.30. The van der Waals surface area contributed by atoms with E-state index in [-0.39, 0.29) is 12.1 Å². The zero-order chi connectivity index (χ0) is 21.9. The van der Waals surface area contributed by atoms with Crippen molar-refractivity contribution in [1.29, 1.82) is 0 Å². The van der Waals surface area contributed by atoms with Crippen LogP contribution in [-0.2, 0) is 11.0 Å². The second kappa shape index (κ2) is 9.56. The van der Waals surface area contributed by atoms with Crippen LogP contribution in [0.25, 0.3) is 0 Å². The van der Waals surface area contributed by atoms with Crippen molar-refractivity contribution in [3.05, 3.63) is 80.2 Å². The highest BCUT2D eigenvalue weighted by Gasteiger charge is 2.15. The van der Waals surface area contributed by atoms with E-state index in [2.05, 4.69) is 31.9 Å². The van der Waals surface area contributed by atoms with E-state index in [0.717, 1.165) is 11.1 Å². The van der Waals surface area contributed by atoms with Crippen molar-refractivity contribution in [2.75, 3.05) is 13.0 Å². The number of phenols is 1. The quantitative estimate of drug-likeness (QED) is 0.312. The highest BCUT2D eigenvalue weighted by Crippen LogP contribution is 2.42. The van der Waals surface area contributed by atoms with Crippen LogP contribution in [0.15, 0.2) is 63.5 Å². The molecule has 1 atom stereocenters. The van der Waals surface area contributed by atoms with Crippen LogP contribution in [-0.4, -0.2) is 23.0 Å². The van der Waals surface area contributed by atoms with Crippen LogP contribution >= 0.6 is 39.2 Å². The smallest absolute Gasteiger partial charge is 0.233 e. The molecule has 5 nitrogen and oxygen atoms in total. The summed E-state index contributed by atoms with van der Waals surface area (Å²) >= 11 is 6.91. The van der Waals surface area contributed by atoms with E-state index >= 15 is 0 Å². The molecule has 0 aliphatic heterocycles. The summed E-state index contributed by atoms with van der Waals surface area (Å²) in [5, 5.41) is 10.3. The molecule has 3 rings (SSSR count). The predicted molar refractivity (Wildman–Crippen MR) is 125 cm³/mol. The lowest BCUT2D eigenvalue weighted by molar-refractivity contribution is 0.351. The van der Waals surface area contributed by atoms with E-state index in [4.69, 9.17) is 9.47 Å². The van der Waals surface area contributed by atoms with E-state index in [0.29, 0.717) is 32.6 Å². The summed E-state index contributed by atoms with van der Waals surface area (Å²) < 4.78 is 24.1. The number of hydrogen-bond donors (Lipinski definition) is 2. The van der Waals surface area contributed by atoms with E-state index in [1.165, 1.54) is 12.2 Å². The van der Waals surface area contributed by atoms with E-state index in [9.17, 15) is 14.6 Å². The summed E-state index contributed by atoms with van der Waals surface area (Å²) in [7, 11) is -3.28. The van der Waals surface area contributed by atoms with Gasteiger partial charge in [-0.3, -0.25) is 4.57 Å². The minimum atomic E-state index is -3.28. The molecule has 0 aliphatic carbocycles. The molecule has 0 aliphatic rings. The van der Waals surface area contributed by atoms with Gasteiger partial charge >= 0.3 is 0 Å². The number of benzene rings is 3. The lowest BCUT2D eigenvalue weighted by Gasteiger charge is -2.14. The summed E-state index contributed by atoms with van der Waals surface area (Å²) in [5.41, 5.74) is 3.03. The highest BCUT2D eigenvalue weighted by molar-refractivity contribution is 9.11. The Labute approximate surface area is 192 Å². The van der Waals surface area contributed by atoms with E-state index < -0.39 is 7.37 Å². The van der Waals surface area contributed by atoms with Gasteiger partial charge in [-0.05, 0) is 74.7 Å². The third-order valence-corrected chi connectivity index (χ3v) is 6.01. The molecule has 0 radical (unpaired) electrons. The van der Waals surface area contributed by atoms with Crippen LogP contribution in [0.4, 0.5) is 0 Å². The van der Waals surface area contributed by atoms with Gasteiger partial charge in [-0.25, -0.2) is 0 Å². The third-order valence-electron chi connectivity index (χ3n) is 4.23. The summed E-state index contributed by atoms with van der Waals surface area (Å²) in [4.78, 5) is 9.40. The number of phenolic OH excluding ortho intramolecular Hbond substituents is 1. The molecule has 0 bridgehead atoms. The van der Waals surface area contributed by atoms with Crippen LogP contribution in [0.1, 0.15) is 16.7 Å². The molecular formula is C22H21Br2O5P. The highest BCUT2D eigenvalue weighted by atomic mass is 79.9. The van der Waals surface area contributed by atoms with Gasteiger partial charge in [0.1, 0.15) is 17.2 Å². The molecule has 0 spiro atoms. The van der Waals surface area contributed by atoms with Crippen LogP contribution in [0.5, 0.6) is 23.0 Å². The van der Waals surface area contributed by atoms with Gasteiger partial charge in [-0.2, -0.15) is 0 Å². The number of aromatic hydroxyl groups is 1. The van der Waals surface area contributed by atoms with Gasteiger partial charge in [-0.15, -0.1) is 0 Å². The Morgan fingerprint density at radius 1 is 0.967 bits per heavy atom. The summed E-state index contributed by atoms with van der Waals surface area (Å²) in [6, 6.07) is 16.6. The molecule has 0 aromatic heterocycles. The Morgan fingerprint density at radius 3 is 2.20 bits per heavy atom. The largest absolute Gasteiger partial charge is 0.508 e. The van der Waals surface area contributed by atoms with E-state index in [1.54, 1.807) is 30.3 Å². The number of ether oxygens (including phenoxy) is 2.